The molecule has 0 bridgehead atoms. The molecule has 2 aromatic heterocycles. The molecule has 136 valence electrons. The number of hydrogen-bond donors (Lipinski definition) is 3. The number of aromatic nitrogens is 2. The van der Waals surface area contributed by atoms with Crippen LogP contribution in [-0.2, 0) is 4.79 Å². The normalized spacial score (nSPS) is 11.8. The van der Waals surface area contributed by atoms with Gasteiger partial charge in [-0.2, -0.15) is 0 Å². The standard InChI is InChI=1S/C17H18N4O4S/c1-9(15(22)21-17-18-6-7-26-17)19-16(23)11-8-10-12(24-2)4-5-13(25-3)14(10)20-11/h4-9,20H,1-3H3,(H,19,23)(H,18,21,22). The molecule has 0 aliphatic rings. The van der Waals surface area contributed by atoms with E-state index in [1.165, 1.54) is 11.3 Å². The number of rotatable bonds is 6. The van der Waals surface area contributed by atoms with Crippen molar-refractivity contribution in [2.75, 3.05) is 19.5 Å². The van der Waals surface area contributed by atoms with Gasteiger partial charge in [-0.3, -0.25) is 9.59 Å². The number of carbonyl (C=O) groups excluding carboxylic acids is 2. The van der Waals surface area contributed by atoms with Gasteiger partial charge in [0.1, 0.15) is 23.2 Å². The third-order valence-corrected chi connectivity index (χ3v) is 4.49. The van der Waals surface area contributed by atoms with Crippen molar-refractivity contribution in [3.8, 4) is 11.5 Å². The van der Waals surface area contributed by atoms with Gasteiger partial charge in [0.2, 0.25) is 5.91 Å². The Labute approximate surface area is 153 Å². The van der Waals surface area contributed by atoms with Crippen LogP contribution in [0.3, 0.4) is 0 Å². The lowest BCUT2D eigenvalue weighted by Gasteiger charge is -2.12. The maximum atomic E-state index is 12.5. The van der Waals surface area contributed by atoms with E-state index in [4.69, 9.17) is 9.47 Å². The molecule has 0 fully saturated rings. The van der Waals surface area contributed by atoms with Crippen molar-refractivity contribution < 1.29 is 19.1 Å². The molecule has 9 heteroatoms. The fourth-order valence-electron chi connectivity index (χ4n) is 2.48. The fraction of sp³-hybridized carbons (Fsp3) is 0.235. The Morgan fingerprint density at radius 2 is 1.96 bits per heavy atom. The van der Waals surface area contributed by atoms with Crippen molar-refractivity contribution in [1.29, 1.82) is 0 Å². The van der Waals surface area contributed by atoms with Crippen molar-refractivity contribution >= 4 is 39.2 Å². The lowest BCUT2D eigenvalue weighted by molar-refractivity contribution is -0.117. The Kier molecular flexibility index (Phi) is 5.08. The Bertz CT molecular complexity index is 895. The van der Waals surface area contributed by atoms with Crippen LogP contribution in [0.1, 0.15) is 17.4 Å². The maximum Gasteiger partial charge on any atom is 0.268 e. The number of ether oxygens (including phenoxy) is 2. The number of methoxy groups -OCH3 is 2. The third-order valence-electron chi connectivity index (χ3n) is 3.80. The van der Waals surface area contributed by atoms with Crippen molar-refractivity contribution in [3.63, 3.8) is 0 Å². The average Bonchev–Trinajstić information content (AvgIpc) is 3.30. The Hall–Kier alpha value is -3.07. The molecule has 8 nitrogen and oxygen atoms in total. The number of nitrogens with one attached hydrogen (secondary N) is 3. The van der Waals surface area contributed by atoms with Gasteiger partial charge >= 0.3 is 0 Å². The largest absolute Gasteiger partial charge is 0.496 e. The second kappa shape index (κ2) is 7.44. The highest BCUT2D eigenvalue weighted by atomic mass is 32.1. The van der Waals surface area contributed by atoms with Gasteiger partial charge in [0.05, 0.1) is 19.7 Å². The highest BCUT2D eigenvalue weighted by Crippen LogP contribution is 2.33. The molecule has 0 aliphatic carbocycles. The van der Waals surface area contributed by atoms with Crippen LogP contribution in [0.15, 0.2) is 29.8 Å². The minimum Gasteiger partial charge on any atom is -0.496 e. The molecule has 1 aromatic carbocycles. The van der Waals surface area contributed by atoms with Crippen LogP contribution < -0.4 is 20.1 Å². The average molecular weight is 374 g/mol. The van der Waals surface area contributed by atoms with Crippen LogP contribution >= 0.6 is 11.3 Å². The van der Waals surface area contributed by atoms with Crippen molar-refractivity contribution in [2.45, 2.75) is 13.0 Å². The van der Waals surface area contributed by atoms with E-state index in [-0.39, 0.29) is 5.91 Å². The van der Waals surface area contributed by atoms with Gasteiger partial charge in [0, 0.05) is 17.0 Å². The predicted octanol–water partition coefficient (Wildman–Crippen LogP) is 2.40. The number of amides is 2. The van der Waals surface area contributed by atoms with E-state index in [0.717, 1.165) is 5.39 Å². The number of benzene rings is 1. The molecule has 0 aliphatic heterocycles. The molecule has 0 spiro atoms. The first kappa shape index (κ1) is 17.7. The molecule has 3 N–H and O–H groups in total. The van der Waals surface area contributed by atoms with Gasteiger partial charge in [0.15, 0.2) is 5.13 Å². The quantitative estimate of drug-likeness (QED) is 0.614. The zero-order chi connectivity index (χ0) is 18.7. The number of aromatic amines is 1. The van der Waals surface area contributed by atoms with Gasteiger partial charge in [-0.05, 0) is 25.1 Å². The third kappa shape index (κ3) is 3.47. The molecule has 2 heterocycles. The van der Waals surface area contributed by atoms with Crippen LogP contribution in [0, 0.1) is 0 Å². The van der Waals surface area contributed by atoms with Crippen LogP contribution in [0.5, 0.6) is 11.5 Å². The first-order valence-corrected chi connectivity index (χ1v) is 8.66. The summed E-state index contributed by atoms with van der Waals surface area (Å²) in [5.74, 6) is 0.451. The van der Waals surface area contributed by atoms with Crippen LogP contribution in [0.25, 0.3) is 10.9 Å². The van der Waals surface area contributed by atoms with Gasteiger partial charge in [0.25, 0.3) is 5.91 Å². The molecule has 1 unspecified atom stereocenters. The number of hydrogen-bond acceptors (Lipinski definition) is 6. The second-order valence-corrected chi connectivity index (χ2v) is 6.36. The molecule has 2 amide bonds. The second-order valence-electron chi connectivity index (χ2n) is 5.46. The monoisotopic (exact) mass is 374 g/mol. The van der Waals surface area contributed by atoms with Crippen molar-refractivity contribution in [3.05, 3.63) is 35.5 Å². The summed E-state index contributed by atoms with van der Waals surface area (Å²) in [4.78, 5) is 31.7. The number of anilines is 1. The van der Waals surface area contributed by atoms with E-state index >= 15 is 0 Å². The fourth-order valence-corrected chi connectivity index (χ4v) is 3.01. The summed E-state index contributed by atoms with van der Waals surface area (Å²) >= 11 is 1.31. The summed E-state index contributed by atoms with van der Waals surface area (Å²) in [6, 6.07) is 4.45. The molecule has 1 atom stereocenters. The smallest absolute Gasteiger partial charge is 0.268 e. The number of nitrogens with zero attached hydrogens (tertiary/aromatic N) is 1. The van der Waals surface area contributed by atoms with Gasteiger partial charge in [-0.1, -0.05) is 0 Å². The summed E-state index contributed by atoms with van der Waals surface area (Å²) in [7, 11) is 3.10. The molecule has 0 saturated heterocycles. The van der Waals surface area contributed by atoms with Gasteiger partial charge < -0.3 is 25.1 Å². The lowest BCUT2D eigenvalue weighted by atomic mass is 10.2. The Morgan fingerprint density at radius 3 is 2.62 bits per heavy atom. The number of thiazole rings is 1. The number of carbonyl (C=O) groups is 2. The number of H-pyrrole nitrogens is 1. The summed E-state index contributed by atoms with van der Waals surface area (Å²) in [6.45, 7) is 1.60. The summed E-state index contributed by atoms with van der Waals surface area (Å²) in [6.07, 6.45) is 1.59. The molecular weight excluding hydrogens is 356 g/mol. The summed E-state index contributed by atoms with van der Waals surface area (Å²) in [5.41, 5.74) is 0.952. The molecule has 26 heavy (non-hydrogen) atoms. The predicted molar refractivity (Wildman–Crippen MR) is 99.1 cm³/mol. The summed E-state index contributed by atoms with van der Waals surface area (Å²) in [5, 5.41) is 8.26. The number of fused-ring (bicyclic) bond motifs is 1. The molecule has 0 radical (unpaired) electrons. The minimum absolute atomic E-state index is 0.302. The van der Waals surface area contributed by atoms with E-state index < -0.39 is 11.9 Å². The minimum atomic E-state index is -0.735. The first-order chi connectivity index (χ1) is 12.5. The van der Waals surface area contributed by atoms with Crippen LogP contribution in [0.4, 0.5) is 5.13 Å². The lowest BCUT2D eigenvalue weighted by Crippen LogP contribution is -2.41. The molecule has 0 saturated carbocycles. The van der Waals surface area contributed by atoms with E-state index in [1.807, 2.05) is 0 Å². The highest BCUT2D eigenvalue weighted by Gasteiger charge is 2.20. The van der Waals surface area contributed by atoms with Crippen molar-refractivity contribution in [2.24, 2.45) is 0 Å². The van der Waals surface area contributed by atoms with E-state index in [9.17, 15) is 9.59 Å². The highest BCUT2D eigenvalue weighted by molar-refractivity contribution is 7.13. The van der Waals surface area contributed by atoms with Crippen molar-refractivity contribution in [1.82, 2.24) is 15.3 Å². The van der Waals surface area contributed by atoms with Crippen LogP contribution in [-0.4, -0.2) is 42.0 Å². The first-order valence-electron chi connectivity index (χ1n) is 7.78. The van der Waals surface area contributed by atoms with Gasteiger partial charge in [-0.15, -0.1) is 11.3 Å². The van der Waals surface area contributed by atoms with E-state index in [0.29, 0.717) is 27.8 Å². The molecular formula is C17H18N4O4S. The SMILES string of the molecule is COc1ccc(OC)c2[nH]c(C(=O)NC(C)C(=O)Nc3nccs3)cc12. The molecule has 3 aromatic rings. The van der Waals surface area contributed by atoms with Gasteiger partial charge in [-0.25, -0.2) is 4.98 Å². The maximum absolute atomic E-state index is 12.5. The zero-order valence-electron chi connectivity index (χ0n) is 14.5. The van der Waals surface area contributed by atoms with E-state index in [1.54, 1.807) is 50.9 Å². The topological polar surface area (TPSA) is 105 Å². The summed E-state index contributed by atoms with van der Waals surface area (Å²) < 4.78 is 10.6. The molecule has 3 rings (SSSR count). The van der Waals surface area contributed by atoms with Crippen LogP contribution in [0.2, 0.25) is 0 Å². The Morgan fingerprint density at radius 1 is 1.23 bits per heavy atom. The van der Waals surface area contributed by atoms with E-state index in [2.05, 4.69) is 20.6 Å². The zero-order valence-corrected chi connectivity index (χ0v) is 15.3. The Balaban J connectivity index is 1.78.